The van der Waals surface area contributed by atoms with Crippen LogP contribution in [-0.2, 0) is 9.53 Å². The number of esters is 1. The maximum absolute atomic E-state index is 13.2. The number of ether oxygens (including phenoxy) is 1. The van der Waals surface area contributed by atoms with Crippen molar-refractivity contribution in [3.63, 3.8) is 0 Å². The van der Waals surface area contributed by atoms with E-state index in [2.05, 4.69) is 4.74 Å². The van der Waals surface area contributed by atoms with Crippen LogP contribution in [0.15, 0.2) is 18.2 Å². The predicted octanol–water partition coefficient (Wildman–Crippen LogP) is 2.12. The Balaban J connectivity index is 2.89. The van der Waals surface area contributed by atoms with Gasteiger partial charge in [0, 0.05) is 17.7 Å². The second-order valence-corrected chi connectivity index (χ2v) is 2.98. The summed E-state index contributed by atoms with van der Waals surface area (Å²) >= 11 is 0. The lowest BCUT2D eigenvalue weighted by Crippen LogP contribution is -1.99. The van der Waals surface area contributed by atoms with E-state index in [0.717, 1.165) is 12.1 Å². The SMILES string of the molecule is CCOC(=O)C=Cc1cc(N)c(F)cc1F. The van der Waals surface area contributed by atoms with Crippen LogP contribution in [0.4, 0.5) is 14.5 Å². The normalized spacial score (nSPS) is 10.7. The molecule has 0 fully saturated rings. The van der Waals surface area contributed by atoms with Gasteiger partial charge in [-0.1, -0.05) is 0 Å². The number of carbonyl (C=O) groups excluding carboxylic acids is 1. The van der Waals surface area contributed by atoms with E-state index in [4.69, 9.17) is 5.73 Å². The Kier molecular flexibility index (Phi) is 3.99. The van der Waals surface area contributed by atoms with E-state index in [1.807, 2.05) is 0 Å². The fourth-order valence-corrected chi connectivity index (χ4v) is 1.06. The summed E-state index contributed by atoms with van der Waals surface area (Å²) in [5.41, 5.74) is 5.12. The van der Waals surface area contributed by atoms with Crippen molar-refractivity contribution >= 4 is 17.7 Å². The van der Waals surface area contributed by atoms with Gasteiger partial charge in [-0.15, -0.1) is 0 Å². The first-order valence-electron chi connectivity index (χ1n) is 4.64. The van der Waals surface area contributed by atoms with Crippen molar-refractivity contribution in [3.8, 4) is 0 Å². The van der Waals surface area contributed by atoms with Crippen LogP contribution in [0.1, 0.15) is 12.5 Å². The Morgan fingerprint density at radius 3 is 2.75 bits per heavy atom. The molecule has 1 rings (SSSR count). The average Bonchev–Trinajstić information content (AvgIpc) is 2.22. The summed E-state index contributed by atoms with van der Waals surface area (Å²) in [6.07, 6.45) is 2.24. The van der Waals surface area contributed by atoms with Crippen molar-refractivity contribution in [2.75, 3.05) is 12.3 Å². The first-order chi connectivity index (χ1) is 7.54. The number of nitrogen functional groups attached to an aromatic ring is 1. The van der Waals surface area contributed by atoms with Crippen LogP contribution >= 0.6 is 0 Å². The second-order valence-electron chi connectivity index (χ2n) is 2.98. The van der Waals surface area contributed by atoms with Crippen LogP contribution in [0.3, 0.4) is 0 Å². The molecule has 16 heavy (non-hydrogen) atoms. The lowest BCUT2D eigenvalue weighted by atomic mass is 10.1. The number of anilines is 1. The molecule has 86 valence electrons. The molecular weight excluding hydrogens is 216 g/mol. The standard InChI is InChI=1S/C11H11F2NO2/c1-2-16-11(15)4-3-7-5-10(14)9(13)6-8(7)12/h3-6H,2,14H2,1H3. The number of nitrogens with two attached hydrogens (primary N) is 1. The fourth-order valence-electron chi connectivity index (χ4n) is 1.06. The van der Waals surface area contributed by atoms with Gasteiger partial charge in [-0.3, -0.25) is 0 Å². The highest BCUT2D eigenvalue weighted by Gasteiger charge is 2.05. The predicted molar refractivity (Wildman–Crippen MR) is 56.4 cm³/mol. The van der Waals surface area contributed by atoms with E-state index in [0.29, 0.717) is 6.07 Å². The number of benzene rings is 1. The Morgan fingerprint density at radius 1 is 1.44 bits per heavy atom. The number of carbonyl (C=O) groups is 1. The molecule has 2 N–H and O–H groups in total. The van der Waals surface area contributed by atoms with Crippen LogP contribution in [0.25, 0.3) is 6.08 Å². The third-order valence-corrected chi connectivity index (χ3v) is 1.80. The molecule has 0 saturated carbocycles. The van der Waals surface area contributed by atoms with Crippen molar-refractivity contribution in [2.45, 2.75) is 6.92 Å². The molecule has 3 nitrogen and oxygen atoms in total. The van der Waals surface area contributed by atoms with Crippen molar-refractivity contribution < 1.29 is 18.3 Å². The smallest absolute Gasteiger partial charge is 0.330 e. The zero-order valence-electron chi connectivity index (χ0n) is 8.67. The minimum absolute atomic E-state index is 0.0342. The van der Waals surface area contributed by atoms with Gasteiger partial charge in [-0.05, 0) is 19.1 Å². The van der Waals surface area contributed by atoms with Gasteiger partial charge in [0.2, 0.25) is 0 Å². The molecule has 1 aromatic carbocycles. The molecule has 0 saturated heterocycles. The van der Waals surface area contributed by atoms with E-state index in [1.165, 1.54) is 6.08 Å². The van der Waals surface area contributed by atoms with Gasteiger partial charge in [0.1, 0.15) is 11.6 Å². The molecule has 0 aliphatic carbocycles. The molecule has 0 aliphatic heterocycles. The number of rotatable bonds is 3. The van der Waals surface area contributed by atoms with Gasteiger partial charge in [0.05, 0.1) is 12.3 Å². The van der Waals surface area contributed by atoms with Crippen molar-refractivity contribution in [1.82, 2.24) is 0 Å². The fraction of sp³-hybridized carbons (Fsp3) is 0.182. The Hall–Kier alpha value is -1.91. The van der Waals surface area contributed by atoms with Gasteiger partial charge >= 0.3 is 5.97 Å². The van der Waals surface area contributed by atoms with E-state index >= 15 is 0 Å². The maximum Gasteiger partial charge on any atom is 0.330 e. The highest BCUT2D eigenvalue weighted by Crippen LogP contribution is 2.17. The van der Waals surface area contributed by atoms with E-state index in [-0.39, 0.29) is 17.9 Å². The van der Waals surface area contributed by atoms with Crippen LogP contribution in [0, 0.1) is 11.6 Å². The van der Waals surface area contributed by atoms with Gasteiger partial charge in [-0.2, -0.15) is 0 Å². The average molecular weight is 227 g/mol. The molecule has 0 aromatic heterocycles. The first kappa shape index (κ1) is 12.2. The molecule has 0 bridgehead atoms. The molecule has 1 aromatic rings. The topological polar surface area (TPSA) is 52.3 Å². The van der Waals surface area contributed by atoms with Crippen LogP contribution in [-0.4, -0.2) is 12.6 Å². The molecule has 0 unspecified atom stereocenters. The summed E-state index contributed by atoms with van der Waals surface area (Å²) in [7, 11) is 0. The van der Waals surface area contributed by atoms with E-state index < -0.39 is 17.6 Å². The Labute approximate surface area is 91.5 Å². The quantitative estimate of drug-likeness (QED) is 0.489. The zero-order valence-corrected chi connectivity index (χ0v) is 8.67. The highest BCUT2D eigenvalue weighted by molar-refractivity contribution is 5.87. The van der Waals surface area contributed by atoms with E-state index in [9.17, 15) is 13.6 Å². The third-order valence-electron chi connectivity index (χ3n) is 1.80. The van der Waals surface area contributed by atoms with Gasteiger partial charge in [-0.25, -0.2) is 13.6 Å². The molecular formula is C11H11F2NO2. The molecule has 5 heteroatoms. The lowest BCUT2D eigenvalue weighted by Gasteiger charge is -2.01. The maximum atomic E-state index is 13.2. The second kappa shape index (κ2) is 5.25. The molecule has 0 aliphatic rings. The zero-order chi connectivity index (χ0) is 12.1. The number of halogens is 2. The summed E-state index contributed by atoms with van der Waals surface area (Å²) in [4.78, 5) is 10.9. The molecule has 0 spiro atoms. The van der Waals surface area contributed by atoms with Crippen molar-refractivity contribution in [2.24, 2.45) is 0 Å². The summed E-state index contributed by atoms with van der Waals surface area (Å²) in [6.45, 7) is 1.89. The van der Waals surface area contributed by atoms with Gasteiger partial charge in [0.15, 0.2) is 0 Å². The highest BCUT2D eigenvalue weighted by atomic mass is 19.1. The molecule has 0 amide bonds. The third kappa shape index (κ3) is 3.05. The van der Waals surface area contributed by atoms with Gasteiger partial charge in [0.25, 0.3) is 0 Å². The molecule has 0 atom stereocenters. The van der Waals surface area contributed by atoms with E-state index in [1.54, 1.807) is 6.92 Å². The van der Waals surface area contributed by atoms with Crippen LogP contribution in [0.2, 0.25) is 0 Å². The van der Waals surface area contributed by atoms with Crippen LogP contribution < -0.4 is 5.73 Å². The number of hydrogen-bond acceptors (Lipinski definition) is 3. The first-order valence-corrected chi connectivity index (χ1v) is 4.64. The summed E-state index contributed by atoms with van der Waals surface area (Å²) < 4.78 is 30.6. The van der Waals surface area contributed by atoms with Gasteiger partial charge < -0.3 is 10.5 Å². The van der Waals surface area contributed by atoms with Crippen LogP contribution in [0.5, 0.6) is 0 Å². The monoisotopic (exact) mass is 227 g/mol. The Bertz CT molecular complexity index is 430. The molecule has 0 heterocycles. The molecule has 0 radical (unpaired) electrons. The summed E-state index contributed by atoms with van der Waals surface area (Å²) in [5, 5.41) is 0. The minimum Gasteiger partial charge on any atom is -0.463 e. The number of hydrogen-bond donors (Lipinski definition) is 1. The van der Waals surface area contributed by atoms with Crippen molar-refractivity contribution in [3.05, 3.63) is 35.4 Å². The minimum atomic E-state index is -0.828. The summed E-state index contributed by atoms with van der Waals surface area (Å²) in [5.74, 6) is -2.21. The Morgan fingerprint density at radius 2 is 2.12 bits per heavy atom. The summed E-state index contributed by atoms with van der Waals surface area (Å²) in [6, 6.07) is 1.78. The largest absolute Gasteiger partial charge is 0.463 e. The van der Waals surface area contributed by atoms with Crippen molar-refractivity contribution in [1.29, 1.82) is 0 Å². The lowest BCUT2D eigenvalue weighted by molar-refractivity contribution is -0.137.